The molecule has 2 heterocycles. The highest BCUT2D eigenvalue weighted by atomic mass is 16.5. The van der Waals surface area contributed by atoms with Gasteiger partial charge in [0.25, 0.3) is 0 Å². The van der Waals surface area contributed by atoms with Gasteiger partial charge in [0.05, 0.1) is 32.5 Å². The van der Waals surface area contributed by atoms with Gasteiger partial charge >= 0.3 is 0 Å². The molecule has 7 nitrogen and oxygen atoms in total. The Morgan fingerprint density at radius 2 is 2.04 bits per heavy atom. The summed E-state index contributed by atoms with van der Waals surface area (Å²) in [5.41, 5.74) is 0. The van der Waals surface area contributed by atoms with Crippen LogP contribution in [0.4, 0.5) is 0 Å². The van der Waals surface area contributed by atoms with E-state index in [2.05, 4.69) is 34.4 Å². The number of aliphatic imine (C=N–C) groups is 1. The molecule has 2 aliphatic rings. The Balaban J connectivity index is 1.64. The number of rotatable bonds is 10. The highest BCUT2D eigenvalue weighted by Crippen LogP contribution is 2.13. The van der Waals surface area contributed by atoms with Gasteiger partial charge in [-0.2, -0.15) is 0 Å². The predicted octanol–water partition coefficient (Wildman–Crippen LogP) is 1.09. The number of ether oxygens (including phenoxy) is 3. The summed E-state index contributed by atoms with van der Waals surface area (Å²) < 4.78 is 16.7. The molecular weight excluding hydrogens is 332 g/mol. The molecule has 0 spiro atoms. The van der Waals surface area contributed by atoms with Crippen LogP contribution in [0.1, 0.15) is 33.1 Å². The minimum absolute atomic E-state index is 0.290. The van der Waals surface area contributed by atoms with Crippen molar-refractivity contribution in [2.75, 3.05) is 66.3 Å². The summed E-state index contributed by atoms with van der Waals surface area (Å²) in [6.45, 7) is 12.2. The fourth-order valence-corrected chi connectivity index (χ4v) is 3.52. The van der Waals surface area contributed by atoms with E-state index in [-0.39, 0.29) is 6.10 Å². The minimum Gasteiger partial charge on any atom is -0.379 e. The van der Waals surface area contributed by atoms with Crippen molar-refractivity contribution in [1.29, 1.82) is 0 Å². The van der Waals surface area contributed by atoms with Crippen molar-refractivity contribution in [1.82, 2.24) is 15.5 Å². The lowest BCUT2D eigenvalue weighted by Crippen LogP contribution is -2.51. The second kappa shape index (κ2) is 12.5. The van der Waals surface area contributed by atoms with E-state index in [1.54, 1.807) is 0 Å². The predicted molar refractivity (Wildman–Crippen MR) is 105 cm³/mol. The third kappa shape index (κ3) is 8.20. The van der Waals surface area contributed by atoms with Crippen molar-refractivity contribution >= 4 is 5.96 Å². The maximum atomic E-state index is 5.69. The molecule has 2 saturated heterocycles. The molecule has 26 heavy (non-hydrogen) atoms. The van der Waals surface area contributed by atoms with Gasteiger partial charge in [-0.3, -0.25) is 9.89 Å². The van der Waals surface area contributed by atoms with Gasteiger partial charge < -0.3 is 24.8 Å². The van der Waals surface area contributed by atoms with E-state index in [0.717, 1.165) is 64.8 Å². The van der Waals surface area contributed by atoms with Gasteiger partial charge in [0.1, 0.15) is 0 Å². The Kier molecular flexibility index (Phi) is 10.3. The quantitative estimate of drug-likeness (QED) is 0.341. The molecular formula is C19H38N4O3. The van der Waals surface area contributed by atoms with E-state index < -0.39 is 0 Å². The van der Waals surface area contributed by atoms with Gasteiger partial charge in [-0.25, -0.2) is 0 Å². The largest absolute Gasteiger partial charge is 0.379 e. The van der Waals surface area contributed by atoms with Crippen LogP contribution in [0.15, 0.2) is 4.99 Å². The average molecular weight is 371 g/mol. The van der Waals surface area contributed by atoms with Crippen molar-refractivity contribution < 1.29 is 14.2 Å². The molecule has 2 N–H and O–H groups in total. The lowest BCUT2D eigenvalue weighted by molar-refractivity contribution is 0.0132. The molecule has 0 saturated carbocycles. The van der Waals surface area contributed by atoms with E-state index in [1.165, 1.54) is 6.42 Å². The SMILES string of the molecule is CN=C(NCCOCC1CCCO1)NCC(CC(C)C)N1CCOCC1. The molecule has 0 aromatic carbocycles. The highest BCUT2D eigenvalue weighted by Gasteiger charge is 2.22. The van der Waals surface area contributed by atoms with Crippen LogP contribution in [-0.4, -0.2) is 89.3 Å². The molecule has 0 aromatic heterocycles. The van der Waals surface area contributed by atoms with Gasteiger partial charge in [-0.15, -0.1) is 0 Å². The van der Waals surface area contributed by atoms with Crippen LogP contribution in [0.2, 0.25) is 0 Å². The number of hydrogen-bond donors (Lipinski definition) is 2. The van der Waals surface area contributed by atoms with Crippen LogP contribution in [-0.2, 0) is 14.2 Å². The number of nitrogens with zero attached hydrogens (tertiary/aromatic N) is 2. The van der Waals surface area contributed by atoms with Crippen LogP contribution >= 0.6 is 0 Å². The maximum absolute atomic E-state index is 5.69. The summed E-state index contributed by atoms with van der Waals surface area (Å²) in [5, 5.41) is 6.82. The van der Waals surface area contributed by atoms with Crippen LogP contribution in [0.25, 0.3) is 0 Å². The van der Waals surface area contributed by atoms with Crippen molar-refractivity contribution in [3.8, 4) is 0 Å². The van der Waals surface area contributed by atoms with Gasteiger partial charge in [-0.05, 0) is 25.2 Å². The van der Waals surface area contributed by atoms with Crippen molar-refractivity contribution in [2.45, 2.75) is 45.3 Å². The molecule has 0 aromatic rings. The first-order valence-corrected chi connectivity index (χ1v) is 10.1. The summed E-state index contributed by atoms with van der Waals surface area (Å²) in [6, 6.07) is 0.508. The second-order valence-electron chi connectivity index (χ2n) is 7.52. The molecule has 0 aliphatic carbocycles. The Labute approximate surface area is 158 Å². The first-order chi connectivity index (χ1) is 12.7. The van der Waals surface area contributed by atoms with Crippen molar-refractivity contribution in [3.63, 3.8) is 0 Å². The van der Waals surface area contributed by atoms with E-state index in [4.69, 9.17) is 14.2 Å². The monoisotopic (exact) mass is 370 g/mol. The molecule has 2 rings (SSSR count). The molecule has 0 amide bonds. The maximum Gasteiger partial charge on any atom is 0.191 e. The zero-order chi connectivity index (χ0) is 18.6. The number of hydrogen-bond acceptors (Lipinski definition) is 5. The first kappa shape index (κ1) is 21.4. The third-order valence-electron chi connectivity index (χ3n) is 4.90. The highest BCUT2D eigenvalue weighted by molar-refractivity contribution is 5.79. The van der Waals surface area contributed by atoms with E-state index in [1.807, 2.05) is 7.05 Å². The summed E-state index contributed by atoms with van der Waals surface area (Å²) in [6.07, 6.45) is 3.74. The summed E-state index contributed by atoms with van der Waals surface area (Å²) in [7, 11) is 1.81. The van der Waals surface area contributed by atoms with Crippen LogP contribution < -0.4 is 10.6 Å². The minimum atomic E-state index is 0.290. The topological polar surface area (TPSA) is 67.4 Å². The van der Waals surface area contributed by atoms with Crippen LogP contribution in [0.3, 0.4) is 0 Å². The van der Waals surface area contributed by atoms with Crippen LogP contribution in [0, 0.1) is 5.92 Å². The number of morpholine rings is 1. The van der Waals surface area contributed by atoms with Gasteiger partial charge in [0, 0.05) is 45.9 Å². The number of nitrogens with one attached hydrogen (secondary N) is 2. The summed E-state index contributed by atoms with van der Waals surface area (Å²) >= 11 is 0. The molecule has 2 aliphatic heterocycles. The Morgan fingerprint density at radius 3 is 2.69 bits per heavy atom. The van der Waals surface area contributed by atoms with E-state index in [0.29, 0.717) is 25.2 Å². The van der Waals surface area contributed by atoms with Crippen molar-refractivity contribution in [3.05, 3.63) is 0 Å². The first-order valence-electron chi connectivity index (χ1n) is 10.1. The molecule has 0 radical (unpaired) electrons. The molecule has 152 valence electrons. The summed E-state index contributed by atoms with van der Waals surface area (Å²) in [5.74, 6) is 1.51. The normalized spacial score (nSPS) is 23.4. The Hall–Kier alpha value is -0.890. The number of guanidine groups is 1. The molecule has 2 atom stereocenters. The van der Waals surface area contributed by atoms with Gasteiger partial charge in [0.2, 0.25) is 0 Å². The van der Waals surface area contributed by atoms with Gasteiger partial charge in [-0.1, -0.05) is 13.8 Å². The fourth-order valence-electron chi connectivity index (χ4n) is 3.52. The van der Waals surface area contributed by atoms with Crippen LogP contribution in [0.5, 0.6) is 0 Å². The van der Waals surface area contributed by atoms with E-state index >= 15 is 0 Å². The lowest BCUT2D eigenvalue weighted by atomic mass is 10.0. The molecule has 2 fully saturated rings. The molecule has 7 heteroatoms. The smallest absolute Gasteiger partial charge is 0.191 e. The standard InChI is InChI=1S/C19H38N4O3/c1-16(2)13-17(23-7-11-24-12-8-23)14-22-19(20-3)21-6-10-25-15-18-5-4-9-26-18/h16-18H,4-15H2,1-3H3,(H2,20,21,22). The molecule has 0 bridgehead atoms. The summed E-state index contributed by atoms with van der Waals surface area (Å²) in [4.78, 5) is 6.87. The average Bonchev–Trinajstić information content (AvgIpc) is 3.16. The van der Waals surface area contributed by atoms with Gasteiger partial charge in [0.15, 0.2) is 5.96 Å². The Bertz CT molecular complexity index is 394. The lowest BCUT2D eigenvalue weighted by Gasteiger charge is -2.35. The Morgan fingerprint density at radius 1 is 1.23 bits per heavy atom. The van der Waals surface area contributed by atoms with E-state index in [9.17, 15) is 0 Å². The third-order valence-corrected chi connectivity index (χ3v) is 4.90. The fraction of sp³-hybridized carbons (Fsp3) is 0.947. The zero-order valence-electron chi connectivity index (χ0n) is 16.8. The van der Waals surface area contributed by atoms with Crippen molar-refractivity contribution in [2.24, 2.45) is 10.9 Å². The second-order valence-corrected chi connectivity index (χ2v) is 7.52. The molecule has 2 unspecified atom stereocenters. The zero-order valence-corrected chi connectivity index (χ0v) is 16.8.